The molecular weight excluding hydrogens is 298 g/mol. The van der Waals surface area contributed by atoms with Crippen molar-refractivity contribution in [1.82, 2.24) is 5.32 Å². The van der Waals surface area contributed by atoms with Crippen LogP contribution in [0.1, 0.15) is 13.3 Å². The number of rotatable bonds is 8. The van der Waals surface area contributed by atoms with E-state index in [2.05, 4.69) is 21.2 Å². The monoisotopic (exact) mass is 315 g/mol. The molecule has 0 aromatic heterocycles. The van der Waals surface area contributed by atoms with E-state index in [4.69, 9.17) is 9.47 Å². The van der Waals surface area contributed by atoms with Crippen LogP contribution in [-0.4, -0.2) is 32.3 Å². The first-order chi connectivity index (χ1) is 8.72. The first-order valence-electron chi connectivity index (χ1n) is 5.97. The number of hydrogen-bond donors (Lipinski definition) is 1. The third-order valence-corrected chi connectivity index (χ3v) is 2.70. The molecule has 5 heteroatoms. The Bertz CT molecular complexity index is 354. The van der Waals surface area contributed by atoms with Gasteiger partial charge < -0.3 is 14.8 Å². The number of hydrogen-bond acceptors (Lipinski definition) is 4. The number of benzene rings is 1. The second-order valence-corrected chi connectivity index (χ2v) is 4.52. The van der Waals surface area contributed by atoms with Gasteiger partial charge >= 0.3 is 5.97 Å². The lowest BCUT2D eigenvalue weighted by Gasteiger charge is -2.07. The molecule has 0 saturated heterocycles. The van der Waals surface area contributed by atoms with Crippen LogP contribution in [0, 0.1) is 0 Å². The topological polar surface area (TPSA) is 47.6 Å². The number of carbonyl (C=O) groups excluding carboxylic acids is 1. The first kappa shape index (κ1) is 15.0. The molecule has 0 spiro atoms. The maximum Gasteiger partial charge on any atom is 0.307 e. The summed E-state index contributed by atoms with van der Waals surface area (Å²) in [6.45, 7) is 4.13. The molecule has 0 amide bonds. The summed E-state index contributed by atoms with van der Waals surface area (Å²) in [7, 11) is 0. The van der Waals surface area contributed by atoms with Gasteiger partial charge in [0, 0.05) is 17.6 Å². The third-order valence-electron chi connectivity index (χ3n) is 2.17. The van der Waals surface area contributed by atoms with Gasteiger partial charge in [0.2, 0.25) is 0 Å². The van der Waals surface area contributed by atoms with Crippen molar-refractivity contribution >= 4 is 21.9 Å². The molecule has 0 unspecified atom stereocenters. The Labute approximate surface area is 116 Å². The molecule has 1 rings (SSSR count). The van der Waals surface area contributed by atoms with Crippen molar-refractivity contribution in [2.45, 2.75) is 13.3 Å². The standard InChI is InChI=1S/C13H18BrNO3/c1-2-17-13(16)7-8-15-9-10-18-12-5-3-11(14)4-6-12/h3-6,15H,2,7-10H2,1H3. The SMILES string of the molecule is CCOC(=O)CCNCCOc1ccc(Br)cc1. The zero-order chi connectivity index (χ0) is 13.2. The highest BCUT2D eigenvalue weighted by Gasteiger charge is 2.00. The van der Waals surface area contributed by atoms with Gasteiger partial charge in [-0.2, -0.15) is 0 Å². The summed E-state index contributed by atoms with van der Waals surface area (Å²) < 4.78 is 11.4. The highest BCUT2D eigenvalue weighted by Crippen LogP contribution is 2.15. The van der Waals surface area contributed by atoms with E-state index in [0.717, 1.165) is 10.2 Å². The predicted molar refractivity (Wildman–Crippen MR) is 73.8 cm³/mol. The highest BCUT2D eigenvalue weighted by molar-refractivity contribution is 9.10. The van der Waals surface area contributed by atoms with Crippen molar-refractivity contribution in [1.29, 1.82) is 0 Å². The summed E-state index contributed by atoms with van der Waals surface area (Å²) in [4.78, 5) is 11.0. The lowest BCUT2D eigenvalue weighted by Crippen LogP contribution is -2.24. The van der Waals surface area contributed by atoms with Crippen molar-refractivity contribution in [3.8, 4) is 5.75 Å². The van der Waals surface area contributed by atoms with Crippen LogP contribution in [0.2, 0.25) is 0 Å². The van der Waals surface area contributed by atoms with E-state index in [-0.39, 0.29) is 5.97 Å². The smallest absolute Gasteiger partial charge is 0.307 e. The van der Waals surface area contributed by atoms with Crippen molar-refractivity contribution in [3.05, 3.63) is 28.7 Å². The molecule has 18 heavy (non-hydrogen) atoms. The van der Waals surface area contributed by atoms with Crippen LogP contribution in [0.5, 0.6) is 5.75 Å². The van der Waals surface area contributed by atoms with Gasteiger partial charge in [-0.1, -0.05) is 15.9 Å². The van der Waals surface area contributed by atoms with Gasteiger partial charge in [-0.15, -0.1) is 0 Å². The Morgan fingerprint density at radius 1 is 1.28 bits per heavy atom. The van der Waals surface area contributed by atoms with Gasteiger partial charge in [0.1, 0.15) is 12.4 Å². The molecule has 0 aliphatic carbocycles. The fourth-order valence-electron chi connectivity index (χ4n) is 1.32. The molecule has 0 radical (unpaired) electrons. The summed E-state index contributed by atoms with van der Waals surface area (Å²) in [6, 6.07) is 7.68. The summed E-state index contributed by atoms with van der Waals surface area (Å²) in [5.74, 6) is 0.671. The molecule has 1 aromatic rings. The average Bonchev–Trinajstić information content (AvgIpc) is 2.36. The Morgan fingerprint density at radius 2 is 2.00 bits per heavy atom. The van der Waals surface area contributed by atoms with Crippen LogP contribution in [0.3, 0.4) is 0 Å². The van der Waals surface area contributed by atoms with Crippen LogP contribution in [0.4, 0.5) is 0 Å². The molecule has 0 fully saturated rings. The van der Waals surface area contributed by atoms with E-state index in [1.165, 1.54) is 0 Å². The summed E-state index contributed by atoms with van der Waals surface area (Å²) in [6.07, 6.45) is 0.395. The van der Waals surface area contributed by atoms with E-state index >= 15 is 0 Å². The van der Waals surface area contributed by atoms with E-state index in [9.17, 15) is 4.79 Å². The number of esters is 1. The average molecular weight is 316 g/mol. The molecule has 0 saturated carbocycles. The van der Waals surface area contributed by atoms with Crippen LogP contribution in [0.15, 0.2) is 28.7 Å². The fraction of sp³-hybridized carbons (Fsp3) is 0.462. The lowest BCUT2D eigenvalue weighted by molar-refractivity contribution is -0.142. The second-order valence-electron chi connectivity index (χ2n) is 3.61. The zero-order valence-corrected chi connectivity index (χ0v) is 12.0. The largest absolute Gasteiger partial charge is 0.492 e. The maximum atomic E-state index is 11.0. The Balaban J connectivity index is 2.02. The minimum Gasteiger partial charge on any atom is -0.492 e. The number of nitrogens with one attached hydrogen (secondary N) is 1. The molecule has 100 valence electrons. The molecule has 0 atom stereocenters. The van der Waals surface area contributed by atoms with E-state index in [1.807, 2.05) is 24.3 Å². The van der Waals surface area contributed by atoms with Crippen molar-refractivity contribution in [2.75, 3.05) is 26.3 Å². The van der Waals surface area contributed by atoms with Gasteiger partial charge in [-0.25, -0.2) is 0 Å². The van der Waals surface area contributed by atoms with Crippen LogP contribution < -0.4 is 10.1 Å². The Morgan fingerprint density at radius 3 is 2.67 bits per heavy atom. The van der Waals surface area contributed by atoms with Gasteiger partial charge in [0.15, 0.2) is 0 Å². The highest BCUT2D eigenvalue weighted by atomic mass is 79.9. The number of halogens is 1. The van der Waals surface area contributed by atoms with Gasteiger partial charge in [-0.05, 0) is 31.2 Å². The number of carbonyl (C=O) groups is 1. The van der Waals surface area contributed by atoms with Gasteiger partial charge in [0.25, 0.3) is 0 Å². The van der Waals surface area contributed by atoms with Crippen LogP contribution >= 0.6 is 15.9 Å². The van der Waals surface area contributed by atoms with Gasteiger partial charge in [-0.3, -0.25) is 4.79 Å². The Kier molecular flexibility index (Phi) is 7.44. The summed E-state index contributed by atoms with van der Waals surface area (Å²) >= 11 is 3.36. The van der Waals surface area contributed by atoms with E-state index in [1.54, 1.807) is 6.92 Å². The van der Waals surface area contributed by atoms with Crippen LogP contribution in [-0.2, 0) is 9.53 Å². The molecule has 1 aromatic carbocycles. The molecule has 4 nitrogen and oxygen atoms in total. The van der Waals surface area contributed by atoms with Crippen molar-refractivity contribution in [2.24, 2.45) is 0 Å². The molecule has 0 aliphatic heterocycles. The van der Waals surface area contributed by atoms with E-state index in [0.29, 0.717) is 32.7 Å². The quantitative estimate of drug-likeness (QED) is 0.591. The van der Waals surface area contributed by atoms with E-state index < -0.39 is 0 Å². The third kappa shape index (κ3) is 6.61. The second kappa shape index (κ2) is 8.94. The fourth-order valence-corrected chi connectivity index (χ4v) is 1.58. The lowest BCUT2D eigenvalue weighted by atomic mass is 10.3. The minimum absolute atomic E-state index is 0.168. The molecule has 0 heterocycles. The zero-order valence-electron chi connectivity index (χ0n) is 10.4. The normalized spacial score (nSPS) is 10.1. The molecule has 0 aliphatic rings. The minimum atomic E-state index is -0.168. The maximum absolute atomic E-state index is 11.0. The summed E-state index contributed by atoms with van der Waals surface area (Å²) in [5.41, 5.74) is 0. The Hall–Kier alpha value is -1.07. The molecule has 1 N–H and O–H groups in total. The van der Waals surface area contributed by atoms with Crippen molar-refractivity contribution in [3.63, 3.8) is 0 Å². The molecular formula is C13H18BrNO3. The van der Waals surface area contributed by atoms with Crippen LogP contribution in [0.25, 0.3) is 0 Å². The predicted octanol–water partition coefficient (Wildman–Crippen LogP) is 2.37. The van der Waals surface area contributed by atoms with Gasteiger partial charge in [0.05, 0.1) is 13.0 Å². The summed E-state index contributed by atoms with van der Waals surface area (Å²) in [5, 5.41) is 3.12. The number of ether oxygens (including phenoxy) is 2. The first-order valence-corrected chi connectivity index (χ1v) is 6.76. The van der Waals surface area contributed by atoms with Crippen molar-refractivity contribution < 1.29 is 14.3 Å². The molecule has 0 bridgehead atoms.